The van der Waals surface area contributed by atoms with Gasteiger partial charge in [0.15, 0.2) is 0 Å². The Bertz CT molecular complexity index is 463. The van der Waals surface area contributed by atoms with Gasteiger partial charge < -0.3 is 10.6 Å². The molecule has 0 aliphatic heterocycles. The SMILES string of the molecule is CC(C)(C)NC(=O)CCNc1ccc2c(n1)CCC2. The van der Waals surface area contributed by atoms with Gasteiger partial charge in [0.2, 0.25) is 5.91 Å². The molecule has 4 nitrogen and oxygen atoms in total. The summed E-state index contributed by atoms with van der Waals surface area (Å²) in [7, 11) is 0. The van der Waals surface area contributed by atoms with Gasteiger partial charge in [-0.1, -0.05) is 6.07 Å². The van der Waals surface area contributed by atoms with E-state index in [1.54, 1.807) is 0 Å². The first kappa shape index (κ1) is 13.8. The quantitative estimate of drug-likeness (QED) is 0.874. The number of aromatic nitrogens is 1. The van der Waals surface area contributed by atoms with Crippen molar-refractivity contribution in [3.8, 4) is 0 Å². The number of hydrogen-bond acceptors (Lipinski definition) is 3. The highest BCUT2D eigenvalue weighted by atomic mass is 16.1. The molecule has 0 spiro atoms. The maximum Gasteiger partial charge on any atom is 0.222 e. The summed E-state index contributed by atoms with van der Waals surface area (Å²) in [6, 6.07) is 4.15. The van der Waals surface area contributed by atoms with Crippen molar-refractivity contribution in [1.29, 1.82) is 0 Å². The van der Waals surface area contributed by atoms with Crippen molar-refractivity contribution >= 4 is 11.7 Å². The number of nitrogens with zero attached hydrogens (tertiary/aromatic N) is 1. The van der Waals surface area contributed by atoms with Gasteiger partial charge in [-0.05, 0) is 51.7 Å². The molecule has 2 rings (SSSR count). The fourth-order valence-corrected chi connectivity index (χ4v) is 2.30. The highest BCUT2D eigenvalue weighted by molar-refractivity contribution is 5.77. The molecule has 4 heteroatoms. The molecule has 1 amide bonds. The Morgan fingerprint density at radius 1 is 1.32 bits per heavy atom. The lowest BCUT2D eigenvalue weighted by molar-refractivity contribution is -0.122. The Balaban J connectivity index is 1.78. The smallest absolute Gasteiger partial charge is 0.222 e. The lowest BCUT2D eigenvalue weighted by atomic mass is 10.1. The molecule has 0 atom stereocenters. The molecule has 19 heavy (non-hydrogen) atoms. The normalized spacial score (nSPS) is 14.1. The number of nitrogens with one attached hydrogen (secondary N) is 2. The Morgan fingerprint density at radius 3 is 2.84 bits per heavy atom. The van der Waals surface area contributed by atoms with Crippen LogP contribution in [0.25, 0.3) is 0 Å². The number of anilines is 1. The fraction of sp³-hybridized carbons (Fsp3) is 0.600. The van der Waals surface area contributed by atoms with Crippen molar-refractivity contribution in [1.82, 2.24) is 10.3 Å². The standard InChI is InChI=1S/C15H23N3O/c1-15(2,3)18-14(19)9-10-16-13-8-7-11-5-4-6-12(11)17-13/h7-8H,4-6,9-10H2,1-3H3,(H,16,17)(H,18,19). The number of aryl methyl sites for hydroxylation is 2. The second kappa shape index (κ2) is 5.59. The minimum Gasteiger partial charge on any atom is -0.370 e. The lowest BCUT2D eigenvalue weighted by Gasteiger charge is -2.20. The zero-order chi connectivity index (χ0) is 13.9. The summed E-state index contributed by atoms with van der Waals surface area (Å²) in [5.74, 6) is 0.949. The summed E-state index contributed by atoms with van der Waals surface area (Å²) in [6.45, 7) is 6.58. The van der Waals surface area contributed by atoms with Crippen LogP contribution < -0.4 is 10.6 Å². The third-order valence-corrected chi connectivity index (χ3v) is 3.10. The predicted molar refractivity (Wildman–Crippen MR) is 77.3 cm³/mol. The maximum atomic E-state index is 11.7. The van der Waals surface area contributed by atoms with Crippen LogP contribution in [0.15, 0.2) is 12.1 Å². The summed E-state index contributed by atoms with van der Waals surface area (Å²) in [6.07, 6.45) is 3.90. The summed E-state index contributed by atoms with van der Waals surface area (Å²) in [5.41, 5.74) is 2.42. The molecule has 0 saturated heterocycles. The van der Waals surface area contributed by atoms with Gasteiger partial charge in [0.1, 0.15) is 5.82 Å². The molecule has 0 aromatic carbocycles. The van der Waals surface area contributed by atoms with E-state index in [-0.39, 0.29) is 11.4 Å². The third-order valence-electron chi connectivity index (χ3n) is 3.10. The highest BCUT2D eigenvalue weighted by Gasteiger charge is 2.14. The summed E-state index contributed by atoms with van der Waals surface area (Å²) in [4.78, 5) is 16.2. The summed E-state index contributed by atoms with van der Waals surface area (Å²) >= 11 is 0. The van der Waals surface area contributed by atoms with E-state index in [1.165, 1.54) is 17.7 Å². The van der Waals surface area contributed by atoms with Crippen LogP contribution in [-0.4, -0.2) is 23.0 Å². The molecule has 1 aliphatic rings. The molecule has 0 saturated carbocycles. The van der Waals surface area contributed by atoms with Crippen molar-refractivity contribution in [2.24, 2.45) is 0 Å². The number of carbonyl (C=O) groups is 1. The topological polar surface area (TPSA) is 54.0 Å². The van der Waals surface area contributed by atoms with Gasteiger partial charge in [0.05, 0.1) is 0 Å². The number of amides is 1. The van der Waals surface area contributed by atoms with Crippen LogP contribution in [0, 0.1) is 0 Å². The number of pyridine rings is 1. The highest BCUT2D eigenvalue weighted by Crippen LogP contribution is 2.21. The predicted octanol–water partition coefficient (Wildman–Crippen LogP) is 2.29. The van der Waals surface area contributed by atoms with E-state index in [0.717, 1.165) is 18.7 Å². The number of hydrogen-bond donors (Lipinski definition) is 2. The molecule has 0 fully saturated rings. The van der Waals surface area contributed by atoms with Gasteiger partial charge in [-0.15, -0.1) is 0 Å². The molecule has 0 bridgehead atoms. The van der Waals surface area contributed by atoms with Crippen LogP contribution in [-0.2, 0) is 17.6 Å². The Labute approximate surface area is 115 Å². The van der Waals surface area contributed by atoms with Crippen molar-refractivity contribution in [3.05, 3.63) is 23.4 Å². The van der Waals surface area contributed by atoms with E-state index in [1.807, 2.05) is 26.8 Å². The largest absolute Gasteiger partial charge is 0.370 e. The van der Waals surface area contributed by atoms with Crippen molar-refractivity contribution in [3.63, 3.8) is 0 Å². The van der Waals surface area contributed by atoms with Crippen LogP contribution in [0.1, 0.15) is 44.9 Å². The van der Waals surface area contributed by atoms with Gasteiger partial charge in [-0.3, -0.25) is 4.79 Å². The van der Waals surface area contributed by atoms with Gasteiger partial charge in [0, 0.05) is 24.2 Å². The van der Waals surface area contributed by atoms with Crippen molar-refractivity contribution < 1.29 is 4.79 Å². The third kappa shape index (κ3) is 4.23. The molecular formula is C15H23N3O. The average molecular weight is 261 g/mol. The second-order valence-corrected chi connectivity index (χ2v) is 6.13. The Hall–Kier alpha value is -1.58. The second-order valence-electron chi connectivity index (χ2n) is 6.13. The zero-order valence-electron chi connectivity index (χ0n) is 12.0. The van der Waals surface area contributed by atoms with Crippen LogP contribution >= 0.6 is 0 Å². The molecule has 2 N–H and O–H groups in total. The van der Waals surface area contributed by atoms with E-state index in [0.29, 0.717) is 13.0 Å². The molecule has 1 aromatic heterocycles. The van der Waals surface area contributed by atoms with Crippen LogP contribution in [0.5, 0.6) is 0 Å². The molecular weight excluding hydrogens is 238 g/mol. The Morgan fingerprint density at radius 2 is 2.11 bits per heavy atom. The minimum atomic E-state index is -0.164. The number of rotatable bonds is 4. The minimum absolute atomic E-state index is 0.0705. The van der Waals surface area contributed by atoms with Crippen LogP contribution in [0.2, 0.25) is 0 Å². The number of fused-ring (bicyclic) bond motifs is 1. The monoisotopic (exact) mass is 261 g/mol. The van der Waals surface area contributed by atoms with E-state index >= 15 is 0 Å². The molecule has 1 aliphatic carbocycles. The molecule has 0 radical (unpaired) electrons. The summed E-state index contributed by atoms with van der Waals surface area (Å²) in [5, 5.41) is 6.17. The van der Waals surface area contributed by atoms with Crippen LogP contribution in [0.4, 0.5) is 5.82 Å². The van der Waals surface area contributed by atoms with E-state index in [9.17, 15) is 4.79 Å². The van der Waals surface area contributed by atoms with Gasteiger partial charge >= 0.3 is 0 Å². The van der Waals surface area contributed by atoms with E-state index in [2.05, 4.69) is 21.7 Å². The molecule has 1 aromatic rings. The van der Waals surface area contributed by atoms with E-state index in [4.69, 9.17) is 0 Å². The van der Waals surface area contributed by atoms with Crippen molar-refractivity contribution in [2.45, 2.75) is 52.0 Å². The zero-order valence-corrected chi connectivity index (χ0v) is 12.0. The lowest BCUT2D eigenvalue weighted by Crippen LogP contribution is -2.41. The van der Waals surface area contributed by atoms with Crippen LogP contribution in [0.3, 0.4) is 0 Å². The molecule has 0 unspecified atom stereocenters. The first-order chi connectivity index (χ1) is 8.94. The summed E-state index contributed by atoms with van der Waals surface area (Å²) < 4.78 is 0. The van der Waals surface area contributed by atoms with Gasteiger partial charge in [-0.2, -0.15) is 0 Å². The fourth-order valence-electron chi connectivity index (χ4n) is 2.30. The van der Waals surface area contributed by atoms with Crippen molar-refractivity contribution in [2.75, 3.05) is 11.9 Å². The number of carbonyl (C=O) groups excluding carboxylic acids is 1. The maximum absolute atomic E-state index is 11.7. The first-order valence-electron chi connectivity index (χ1n) is 6.98. The Kier molecular flexibility index (Phi) is 4.08. The van der Waals surface area contributed by atoms with Gasteiger partial charge in [0.25, 0.3) is 0 Å². The van der Waals surface area contributed by atoms with Gasteiger partial charge in [-0.25, -0.2) is 4.98 Å². The first-order valence-corrected chi connectivity index (χ1v) is 6.98. The molecule has 1 heterocycles. The average Bonchev–Trinajstić information content (AvgIpc) is 2.73. The van der Waals surface area contributed by atoms with E-state index < -0.39 is 0 Å². The molecule has 104 valence electrons.